The zero-order valence-electron chi connectivity index (χ0n) is 13.5. The van der Waals surface area contributed by atoms with Gasteiger partial charge in [-0.25, -0.2) is 0 Å². The Morgan fingerprint density at radius 1 is 1.30 bits per heavy atom. The Labute approximate surface area is 137 Å². The highest BCUT2D eigenvalue weighted by Gasteiger charge is 2.29. The van der Waals surface area contributed by atoms with Crippen LogP contribution in [0.2, 0.25) is 0 Å². The molecule has 2 unspecified atom stereocenters. The fraction of sp³-hybridized carbons (Fsp3) is 0.611. The third-order valence-corrected chi connectivity index (χ3v) is 4.90. The Hall–Kier alpha value is -1.43. The van der Waals surface area contributed by atoms with Crippen LogP contribution in [0.3, 0.4) is 0 Å². The number of aliphatic hydroxyl groups is 1. The minimum atomic E-state index is -0.429. The lowest BCUT2D eigenvalue weighted by atomic mass is 9.87. The number of carbonyl (C=O) groups excluding carboxylic acids is 1. The summed E-state index contributed by atoms with van der Waals surface area (Å²) in [7, 11) is 0. The van der Waals surface area contributed by atoms with Crippen molar-refractivity contribution in [2.75, 3.05) is 32.8 Å². The molecule has 1 aromatic carbocycles. The van der Waals surface area contributed by atoms with E-state index in [1.807, 2.05) is 35.2 Å². The Bertz CT molecular complexity index is 494. The maximum atomic E-state index is 12.4. The first-order valence-corrected chi connectivity index (χ1v) is 8.56. The van der Waals surface area contributed by atoms with Crippen LogP contribution in [0.5, 0.6) is 0 Å². The standard InChI is InChI=1S/C18H26N2O3/c21-17(12-16-13-23-11-8-19-16)20-9-6-15(7-10-20)18(22)14-4-2-1-3-5-14/h1-5,15-16,18-19,22H,6-13H2. The molecule has 2 aliphatic rings. The minimum Gasteiger partial charge on any atom is -0.388 e. The molecule has 23 heavy (non-hydrogen) atoms. The number of amides is 1. The predicted molar refractivity (Wildman–Crippen MR) is 87.9 cm³/mol. The summed E-state index contributed by atoms with van der Waals surface area (Å²) >= 11 is 0. The van der Waals surface area contributed by atoms with Crippen molar-refractivity contribution >= 4 is 5.91 Å². The normalized spacial score (nSPS) is 24.4. The van der Waals surface area contributed by atoms with Crippen LogP contribution < -0.4 is 5.32 Å². The summed E-state index contributed by atoms with van der Waals surface area (Å²) in [6.45, 7) is 3.65. The lowest BCUT2D eigenvalue weighted by molar-refractivity contribution is -0.134. The summed E-state index contributed by atoms with van der Waals surface area (Å²) in [4.78, 5) is 14.3. The van der Waals surface area contributed by atoms with Gasteiger partial charge >= 0.3 is 0 Å². The second-order valence-electron chi connectivity index (χ2n) is 6.50. The molecule has 0 saturated carbocycles. The van der Waals surface area contributed by atoms with Crippen molar-refractivity contribution < 1.29 is 14.6 Å². The highest BCUT2D eigenvalue weighted by Crippen LogP contribution is 2.30. The molecular weight excluding hydrogens is 292 g/mol. The number of rotatable bonds is 4. The molecular formula is C18H26N2O3. The quantitative estimate of drug-likeness (QED) is 0.879. The van der Waals surface area contributed by atoms with E-state index in [0.717, 1.165) is 44.6 Å². The molecule has 3 rings (SSSR count). The van der Waals surface area contributed by atoms with E-state index >= 15 is 0 Å². The number of nitrogens with one attached hydrogen (secondary N) is 1. The summed E-state index contributed by atoms with van der Waals surface area (Å²) in [5.74, 6) is 0.429. The van der Waals surface area contributed by atoms with Crippen LogP contribution in [0.25, 0.3) is 0 Å². The van der Waals surface area contributed by atoms with Crippen molar-refractivity contribution in [2.45, 2.75) is 31.4 Å². The zero-order valence-corrected chi connectivity index (χ0v) is 13.5. The zero-order chi connectivity index (χ0) is 16.1. The van der Waals surface area contributed by atoms with Crippen LogP contribution >= 0.6 is 0 Å². The smallest absolute Gasteiger partial charge is 0.224 e. The average molecular weight is 318 g/mol. The van der Waals surface area contributed by atoms with E-state index in [9.17, 15) is 9.90 Å². The second kappa shape index (κ2) is 7.90. The van der Waals surface area contributed by atoms with Crippen molar-refractivity contribution in [1.82, 2.24) is 10.2 Å². The highest BCUT2D eigenvalue weighted by molar-refractivity contribution is 5.77. The van der Waals surface area contributed by atoms with E-state index in [-0.39, 0.29) is 17.9 Å². The average Bonchev–Trinajstić information content (AvgIpc) is 2.63. The van der Waals surface area contributed by atoms with Gasteiger partial charge in [0.05, 0.1) is 19.3 Å². The molecule has 5 nitrogen and oxygen atoms in total. The summed E-state index contributed by atoms with van der Waals surface area (Å²) in [5.41, 5.74) is 0.973. The van der Waals surface area contributed by atoms with Gasteiger partial charge in [0.15, 0.2) is 0 Å². The number of aliphatic hydroxyl groups excluding tert-OH is 1. The van der Waals surface area contributed by atoms with E-state index in [1.165, 1.54) is 0 Å². The van der Waals surface area contributed by atoms with Crippen molar-refractivity contribution in [3.05, 3.63) is 35.9 Å². The molecule has 1 aromatic rings. The SMILES string of the molecule is O=C(CC1COCCN1)N1CCC(C(O)c2ccccc2)CC1. The molecule has 1 amide bonds. The summed E-state index contributed by atoms with van der Waals surface area (Å²) in [5, 5.41) is 13.8. The maximum Gasteiger partial charge on any atom is 0.224 e. The van der Waals surface area contributed by atoms with Crippen LogP contribution in [0.15, 0.2) is 30.3 Å². The van der Waals surface area contributed by atoms with Gasteiger partial charge in [-0.2, -0.15) is 0 Å². The molecule has 0 radical (unpaired) electrons. The van der Waals surface area contributed by atoms with Gasteiger partial charge in [-0.05, 0) is 24.3 Å². The number of likely N-dealkylation sites (tertiary alicyclic amines) is 1. The largest absolute Gasteiger partial charge is 0.388 e. The molecule has 126 valence electrons. The van der Waals surface area contributed by atoms with Crippen LogP contribution in [-0.4, -0.2) is 54.8 Å². The van der Waals surface area contributed by atoms with Gasteiger partial charge in [0.25, 0.3) is 0 Å². The Balaban J connectivity index is 1.47. The van der Waals surface area contributed by atoms with Crippen LogP contribution in [0.1, 0.15) is 30.9 Å². The van der Waals surface area contributed by atoms with Crippen molar-refractivity contribution in [2.24, 2.45) is 5.92 Å². The minimum absolute atomic E-state index is 0.142. The number of benzene rings is 1. The highest BCUT2D eigenvalue weighted by atomic mass is 16.5. The number of piperidine rings is 1. The lowest BCUT2D eigenvalue weighted by Gasteiger charge is -2.35. The fourth-order valence-corrected chi connectivity index (χ4v) is 3.48. The van der Waals surface area contributed by atoms with Gasteiger partial charge in [0.1, 0.15) is 0 Å². The van der Waals surface area contributed by atoms with Gasteiger partial charge in [0.2, 0.25) is 5.91 Å². The van der Waals surface area contributed by atoms with Crippen molar-refractivity contribution in [3.63, 3.8) is 0 Å². The maximum absolute atomic E-state index is 12.4. The molecule has 0 bridgehead atoms. The molecule has 0 spiro atoms. The van der Waals surface area contributed by atoms with Crippen molar-refractivity contribution in [3.8, 4) is 0 Å². The Morgan fingerprint density at radius 3 is 2.70 bits per heavy atom. The number of nitrogens with zero attached hydrogens (tertiary/aromatic N) is 1. The van der Waals surface area contributed by atoms with E-state index in [2.05, 4.69) is 5.32 Å². The Kier molecular flexibility index (Phi) is 5.65. The number of hydrogen-bond donors (Lipinski definition) is 2. The summed E-state index contributed by atoms with van der Waals surface area (Å²) in [6, 6.07) is 9.95. The first kappa shape index (κ1) is 16.4. The molecule has 0 aromatic heterocycles. The molecule has 2 heterocycles. The molecule has 0 aliphatic carbocycles. The lowest BCUT2D eigenvalue weighted by Crippen LogP contribution is -2.46. The Morgan fingerprint density at radius 2 is 2.04 bits per heavy atom. The summed E-state index contributed by atoms with van der Waals surface area (Å²) < 4.78 is 5.40. The number of morpholine rings is 1. The molecule has 2 saturated heterocycles. The first-order valence-electron chi connectivity index (χ1n) is 8.56. The van der Waals surface area contributed by atoms with Gasteiger partial charge in [0, 0.05) is 32.1 Å². The van der Waals surface area contributed by atoms with Gasteiger partial charge in [-0.3, -0.25) is 4.79 Å². The first-order chi connectivity index (χ1) is 11.2. The van der Waals surface area contributed by atoms with E-state index in [4.69, 9.17) is 4.74 Å². The third-order valence-electron chi connectivity index (χ3n) is 4.90. The van der Waals surface area contributed by atoms with E-state index in [0.29, 0.717) is 13.0 Å². The van der Waals surface area contributed by atoms with Crippen LogP contribution in [0.4, 0.5) is 0 Å². The molecule has 2 atom stereocenters. The summed E-state index contributed by atoms with van der Waals surface area (Å²) in [6.07, 6.45) is 1.79. The molecule has 2 aliphatic heterocycles. The van der Waals surface area contributed by atoms with Gasteiger partial charge < -0.3 is 20.1 Å². The third kappa shape index (κ3) is 4.31. The predicted octanol–water partition coefficient (Wildman–Crippen LogP) is 1.34. The second-order valence-corrected chi connectivity index (χ2v) is 6.50. The molecule has 2 fully saturated rings. The monoisotopic (exact) mass is 318 g/mol. The van der Waals surface area contributed by atoms with Crippen LogP contribution in [0, 0.1) is 5.92 Å². The van der Waals surface area contributed by atoms with Gasteiger partial charge in [-0.1, -0.05) is 30.3 Å². The van der Waals surface area contributed by atoms with Crippen molar-refractivity contribution in [1.29, 1.82) is 0 Å². The number of carbonyl (C=O) groups is 1. The van der Waals surface area contributed by atoms with E-state index < -0.39 is 6.10 Å². The fourth-order valence-electron chi connectivity index (χ4n) is 3.48. The number of ether oxygens (including phenoxy) is 1. The topological polar surface area (TPSA) is 61.8 Å². The molecule has 2 N–H and O–H groups in total. The van der Waals surface area contributed by atoms with Crippen LogP contribution in [-0.2, 0) is 9.53 Å². The van der Waals surface area contributed by atoms with Gasteiger partial charge in [-0.15, -0.1) is 0 Å². The van der Waals surface area contributed by atoms with E-state index in [1.54, 1.807) is 0 Å². The number of hydrogen-bond acceptors (Lipinski definition) is 4. The molecule has 5 heteroatoms.